The van der Waals surface area contributed by atoms with Crippen LogP contribution in [-0.2, 0) is 9.47 Å². The van der Waals surface area contributed by atoms with E-state index in [0.29, 0.717) is 0 Å². The topological polar surface area (TPSA) is 18.5 Å². The Morgan fingerprint density at radius 3 is 2.36 bits per heavy atom. The third kappa shape index (κ3) is 2.07. The Balaban J connectivity index is 2.55. The van der Waals surface area contributed by atoms with Crippen molar-refractivity contribution in [3.8, 4) is 0 Å². The molecule has 1 heterocycles. The van der Waals surface area contributed by atoms with Crippen molar-refractivity contribution in [3.63, 3.8) is 0 Å². The molecule has 11 heavy (non-hydrogen) atoms. The monoisotopic (exact) mass is 170 g/mol. The molecule has 1 saturated heterocycles. The molecule has 0 aromatic carbocycles. The summed E-state index contributed by atoms with van der Waals surface area (Å²) in [5.41, 5.74) is 0. The fourth-order valence-corrected chi connectivity index (χ4v) is 1.02. The number of alkyl halides is 3. The van der Waals surface area contributed by atoms with E-state index in [9.17, 15) is 13.2 Å². The van der Waals surface area contributed by atoms with Crippen LogP contribution in [0.5, 0.6) is 0 Å². The highest BCUT2D eigenvalue weighted by molar-refractivity contribution is 4.75. The van der Waals surface area contributed by atoms with Crippen LogP contribution in [0.15, 0.2) is 0 Å². The largest absolute Gasteiger partial charge is 0.415 e. The smallest absolute Gasteiger partial charge is 0.355 e. The van der Waals surface area contributed by atoms with Gasteiger partial charge in [-0.2, -0.15) is 13.2 Å². The number of halogens is 3. The van der Waals surface area contributed by atoms with E-state index in [0.717, 1.165) is 0 Å². The van der Waals surface area contributed by atoms with Crippen LogP contribution in [0.4, 0.5) is 13.2 Å². The molecule has 2 unspecified atom stereocenters. The van der Waals surface area contributed by atoms with Gasteiger partial charge in [0.15, 0.2) is 6.10 Å². The van der Waals surface area contributed by atoms with E-state index in [2.05, 4.69) is 9.47 Å². The molecule has 1 fully saturated rings. The Labute approximate surface area is 62.3 Å². The summed E-state index contributed by atoms with van der Waals surface area (Å²) in [7, 11) is 0. The van der Waals surface area contributed by atoms with E-state index in [1.54, 1.807) is 0 Å². The summed E-state index contributed by atoms with van der Waals surface area (Å²) >= 11 is 0. The van der Waals surface area contributed by atoms with Crippen LogP contribution in [0.1, 0.15) is 6.92 Å². The SMILES string of the molecule is CC1COCOC1C(F)(F)F. The van der Waals surface area contributed by atoms with Gasteiger partial charge >= 0.3 is 6.18 Å². The zero-order chi connectivity index (χ0) is 8.48. The maximum Gasteiger partial charge on any atom is 0.415 e. The molecule has 0 aliphatic carbocycles. The molecule has 0 aromatic rings. The maximum atomic E-state index is 12.0. The molecule has 1 rings (SSSR count). The average Bonchev–Trinajstić information content (AvgIpc) is 1.86. The van der Waals surface area contributed by atoms with E-state index < -0.39 is 18.2 Å². The van der Waals surface area contributed by atoms with Crippen molar-refractivity contribution >= 4 is 0 Å². The normalized spacial score (nSPS) is 33.8. The zero-order valence-corrected chi connectivity index (χ0v) is 6.02. The van der Waals surface area contributed by atoms with Gasteiger partial charge in [-0.25, -0.2) is 0 Å². The van der Waals surface area contributed by atoms with Crippen LogP contribution in [-0.4, -0.2) is 25.7 Å². The van der Waals surface area contributed by atoms with Gasteiger partial charge in [-0.1, -0.05) is 6.92 Å². The third-order valence-corrected chi connectivity index (χ3v) is 1.55. The van der Waals surface area contributed by atoms with Gasteiger partial charge in [-0.3, -0.25) is 0 Å². The molecule has 2 nitrogen and oxygen atoms in total. The van der Waals surface area contributed by atoms with E-state index in [-0.39, 0.29) is 13.4 Å². The van der Waals surface area contributed by atoms with E-state index >= 15 is 0 Å². The first-order chi connectivity index (χ1) is 5.02. The van der Waals surface area contributed by atoms with Crippen molar-refractivity contribution in [3.05, 3.63) is 0 Å². The van der Waals surface area contributed by atoms with E-state index in [1.807, 2.05) is 0 Å². The van der Waals surface area contributed by atoms with Gasteiger partial charge in [0.1, 0.15) is 6.79 Å². The van der Waals surface area contributed by atoms with Crippen LogP contribution in [0.3, 0.4) is 0 Å². The molecule has 0 saturated carbocycles. The quantitative estimate of drug-likeness (QED) is 0.549. The molecular weight excluding hydrogens is 161 g/mol. The van der Waals surface area contributed by atoms with Gasteiger partial charge in [-0.05, 0) is 0 Å². The Morgan fingerprint density at radius 2 is 2.00 bits per heavy atom. The summed E-state index contributed by atoms with van der Waals surface area (Å²) in [5, 5.41) is 0. The van der Waals surface area contributed by atoms with Crippen molar-refractivity contribution in [2.75, 3.05) is 13.4 Å². The summed E-state index contributed by atoms with van der Waals surface area (Å²) in [6.07, 6.45) is -5.92. The average molecular weight is 170 g/mol. The molecule has 66 valence electrons. The minimum absolute atomic E-state index is 0.115. The van der Waals surface area contributed by atoms with Crippen molar-refractivity contribution in [1.29, 1.82) is 0 Å². The predicted molar refractivity (Wildman–Crippen MR) is 30.9 cm³/mol. The molecule has 0 aromatic heterocycles. The number of rotatable bonds is 0. The molecule has 2 atom stereocenters. The predicted octanol–water partition coefficient (Wildman–Crippen LogP) is 1.56. The maximum absolute atomic E-state index is 12.0. The minimum atomic E-state index is -4.26. The first-order valence-corrected chi connectivity index (χ1v) is 3.28. The van der Waals surface area contributed by atoms with Gasteiger partial charge < -0.3 is 9.47 Å². The lowest BCUT2D eigenvalue weighted by atomic mass is 10.1. The highest BCUT2D eigenvalue weighted by atomic mass is 19.4. The van der Waals surface area contributed by atoms with Crippen LogP contribution in [0.25, 0.3) is 0 Å². The van der Waals surface area contributed by atoms with Crippen molar-refractivity contribution in [2.24, 2.45) is 5.92 Å². The summed E-state index contributed by atoms with van der Waals surface area (Å²) in [4.78, 5) is 0. The zero-order valence-electron chi connectivity index (χ0n) is 6.02. The van der Waals surface area contributed by atoms with Gasteiger partial charge in [-0.15, -0.1) is 0 Å². The molecular formula is C6H9F3O2. The highest BCUT2D eigenvalue weighted by Gasteiger charge is 2.45. The Kier molecular flexibility index (Phi) is 2.39. The third-order valence-electron chi connectivity index (χ3n) is 1.55. The summed E-state index contributed by atoms with van der Waals surface area (Å²) < 4.78 is 45.1. The first kappa shape index (κ1) is 8.80. The fraction of sp³-hybridized carbons (Fsp3) is 1.00. The molecule has 0 spiro atoms. The lowest BCUT2D eigenvalue weighted by Crippen LogP contribution is -2.43. The van der Waals surface area contributed by atoms with Gasteiger partial charge in [0, 0.05) is 5.92 Å². The molecule has 0 bridgehead atoms. The van der Waals surface area contributed by atoms with Crippen molar-refractivity contribution in [2.45, 2.75) is 19.2 Å². The second-order valence-electron chi connectivity index (χ2n) is 2.59. The molecule has 0 amide bonds. The second-order valence-corrected chi connectivity index (χ2v) is 2.59. The molecule has 5 heteroatoms. The summed E-state index contributed by atoms with van der Waals surface area (Å²) in [6.45, 7) is 1.32. The van der Waals surface area contributed by atoms with Crippen LogP contribution >= 0.6 is 0 Å². The number of hydrogen-bond acceptors (Lipinski definition) is 2. The number of hydrogen-bond donors (Lipinski definition) is 0. The van der Waals surface area contributed by atoms with Crippen LogP contribution in [0, 0.1) is 5.92 Å². The first-order valence-electron chi connectivity index (χ1n) is 3.28. The lowest BCUT2D eigenvalue weighted by molar-refractivity contribution is -0.285. The number of ether oxygens (including phenoxy) is 2. The fourth-order valence-electron chi connectivity index (χ4n) is 1.02. The second kappa shape index (κ2) is 2.98. The van der Waals surface area contributed by atoms with Crippen LogP contribution < -0.4 is 0 Å². The van der Waals surface area contributed by atoms with E-state index in [1.165, 1.54) is 6.92 Å². The van der Waals surface area contributed by atoms with Crippen LogP contribution in [0.2, 0.25) is 0 Å². The minimum Gasteiger partial charge on any atom is -0.355 e. The van der Waals surface area contributed by atoms with Crippen molar-refractivity contribution in [1.82, 2.24) is 0 Å². The molecule has 1 aliphatic heterocycles. The van der Waals surface area contributed by atoms with Gasteiger partial charge in [0.2, 0.25) is 0 Å². The summed E-state index contributed by atoms with van der Waals surface area (Å²) in [6, 6.07) is 0. The Bertz CT molecular complexity index is 134. The molecule has 0 radical (unpaired) electrons. The standard InChI is InChI=1S/C6H9F3O2/c1-4-2-10-3-11-5(4)6(7,8)9/h4-5H,2-3H2,1H3. The molecule has 0 N–H and O–H groups in total. The Hall–Kier alpha value is -0.290. The summed E-state index contributed by atoms with van der Waals surface area (Å²) in [5.74, 6) is -0.608. The van der Waals surface area contributed by atoms with Gasteiger partial charge in [0.25, 0.3) is 0 Å². The van der Waals surface area contributed by atoms with E-state index in [4.69, 9.17) is 0 Å². The molecule has 1 aliphatic rings. The van der Waals surface area contributed by atoms with Crippen molar-refractivity contribution < 1.29 is 22.6 Å². The Morgan fingerprint density at radius 1 is 1.36 bits per heavy atom. The van der Waals surface area contributed by atoms with Gasteiger partial charge in [0.05, 0.1) is 6.61 Å². The lowest BCUT2D eigenvalue weighted by Gasteiger charge is -2.30. The highest BCUT2D eigenvalue weighted by Crippen LogP contribution is 2.30.